The number of rotatable bonds is 1. The van der Waals surface area contributed by atoms with Crippen LogP contribution in [0.5, 0.6) is 0 Å². The summed E-state index contributed by atoms with van der Waals surface area (Å²) in [5, 5.41) is 0.726. The zero-order valence-corrected chi connectivity index (χ0v) is 12.8. The lowest BCUT2D eigenvalue weighted by Crippen LogP contribution is -2.32. The van der Waals surface area contributed by atoms with E-state index in [0.717, 1.165) is 30.2 Å². The molecule has 1 aromatic heterocycles. The molecule has 0 aliphatic heterocycles. The van der Waals surface area contributed by atoms with Gasteiger partial charge in [-0.2, -0.15) is 0 Å². The van der Waals surface area contributed by atoms with Crippen LogP contribution in [0.3, 0.4) is 0 Å². The van der Waals surface area contributed by atoms with Crippen LogP contribution >= 0.6 is 12.2 Å². The number of benzene rings is 1. The average Bonchev–Trinajstić information content (AvgIpc) is 2.37. The number of para-hydroxylation sites is 1. The Morgan fingerprint density at radius 3 is 2.85 bits per heavy atom. The van der Waals surface area contributed by atoms with Crippen molar-refractivity contribution in [3.8, 4) is 0 Å². The van der Waals surface area contributed by atoms with Crippen LogP contribution in [0.2, 0.25) is 0 Å². The third-order valence-electron chi connectivity index (χ3n) is 4.38. The highest BCUT2D eigenvalue weighted by Gasteiger charge is 2.30. The summed E-state index contributed by atoms with van der Waals surface area (Å²) in [4.78, 5) is 15.9. The summed E-state index contributed by atoms with van der Waals surface area (Å²) in [6, 6.07) is 7.81. The fourth-order valence-corrected chi connectivity index (χ4v) is 3.73. The van der Waals surface area contributed by atoms with Gasteiger partial charge in [-0.3, -0.25) is 9.36 Å². The van der Waals surface area contributed by atoms with E-state index in [1.807, 2.05) is 24.3 Å². The van der Waals surface area contributed by atoms with Gasteiger partial charge in [0.25, 0.3) is 5.56 Å². The first kappa shape index (κ1) is 13.6. The number of aromatic amines is 1. The van der Waals surface area contributed by atoms with Crippen LogP contribution in [0.4, 0.5) is 0 Å². The first-order valence-electron chi connectivity index (χ1n) is 7.21. The Labute approximate surface area is 123 Å². The second-order valence-corrected chi connectivity index (χ2v) is 6.95. The molecule has 0 radical (unpaired) electrons. The molecular weight excluding hydrogens is 268 g/mol. The first-order chi connectivity index (χ1) is 9.48. The van der Waals surface area contributed by atoms with Crippen molar-refractivity contribution in [1.82, 2.24) is 9.55 Å². The number of nitrogens with one attached hydrogen (secondary N) is 1. The molecule has 1 aliphatic carbocycles. The van der Waals surface area contributed by atoms with E-state index in [2.05, 4.69) is 18.8 Å². The highest BCUT2D eigenvalue weighted by atomic mass is 32.1. The van der Waals surface area contributed by atoms with E-state index in [4.69, 9.17) is 12.2 Å². The third-order valence-corrected chi connectivity index (χ3v) is 4.68. The quantitative estimate of drug-likeness (QED) is 0.799. The van der Waals surface area contributed by atoms with Crippen molar-refractivity contribution in [3.63, 3.8) is 0 Å². The number of hydrogen-bond acceptors (Lipinski definition) is 2. The van der Waals surface area contributed by atoms with E-state index in [-0.39, 0.29) is 17.0 Å². The number of nitrogens with zero attached hydrogens (tertiary/aromatic N) is 1. The molecule has 1 N–H and O–H groups in total. The van der Waals surface area contributed by atoms with Crippen LogP contribution in [-0.2, 0) is 0 Å². The van der Waals surface area contributed by atoms with Gasteiger partial charge in [0.05, 0.1) is 10.9 Å². The summed E-state index contributed by atoms with van der Waals surface area (Å²) in [6.07, 6.45) is 4.44. The van der Waals surface area contributed by atoms with Crippen LogP contribution in [0, 0.1) is 10.2 Å². The maximum absolute atomic E-state index is 12.7. The lowest BCUT2D eigenvalue weighted by Gasteiger charge is -2.36. The monoisotopic (exact) mass is 288 g/mol. The van der Waals surface area contributed by atoms with Gasteiger partial charge in [-0.25, -0.2) is 0 Å². The summed E-state index contributed by atoms with van der Waals surface area (Å²) >= 11 is 5.43. The Kier molecular flexibility index (Phi) is 3.28. The molecule has 106 valence electrons. The summed E-state index contributed by atoms with van der Waals surface area (Å²) in [5.74, 6) is 0. The third kappa shape index (κ3) is 2.33. The number of aromatic nitrogens is 2. The van der Waals surface area contributed by atoms with Crippen molar-refractivity contribution in [2.24, 2.45) is 5.41 Å². The van der Waals surface area contributed by atoms with E-state index in [9.17, 15) is 4.79 Å². The van der Waals surface area contributed by atoms with Crippen LogP contribution in [0.15, 0.2) is 29.1 Å². The smallest absolute Gasteiger partial charge is 0.262 e. The molecule has 0 bridgehead atoms. The molecule has 3 rings (SSSR count). The van der Waals surface area contributed by atoms with Crippen molar-refractivity contribution in [1.29, 1.82) is 0 Å². The Morgan fingerprint density at radius 1 is 1.35 bits per heavy atom. The van der Waals surface area contributed by atoms with Crippen LogP contribution in [0.25, 0.3) is 10.9 Å². The predicted octanol–water partition coefficient (Wildman–Crippen LogP) is 4.20. The summed E-state index contributed by atoms with van der Waals surface area (Å²) in [5.41, 5.74) is 1.16. The van der Waals surface area contributed by atoms with Gasteiger partial charge in [0.2, 0.25) is 0 Å². The molecule has 1 aliphatic rings. The normalized spacial score (nSPS) is 22.0. The largest absolute Gasteiger partial charge is 0.332 e. The fraction of sp³-hybridized carbons (Fsp3) is 0.500. The molecule has 0 amide bonds. The molecule has 3 nitrogen and oxygen atoms in total. The molecule has 1 heterocycles. The first-order valence-corrected chi connectivity index (χ1v) is 7.62. The second kappa shape index (κ2) is 4.85. The molecule has 20 heavy (non-hydrogen) atoms. The van der Waals surface area contributed by atoms with Gasteiger partial charge in [0.15, 0.2) is 4.77 Å². The molecule has 0 spiro atoms. The van der Waals surface area contributed by atoms with E-state index in [1.54, 1.807) is 4.57 Å². The van der Waals surface area contributed by atoms with Gasteiger partial charge < -0.3 is 4.98 Å². The minimum Gasteiger partial charge on any atom is -0.332 e. The predicted molar refractivity (Wildman–Crippen MR) is 84.7 cm³/mol. The summed E-state index contributed by atoms with van der Waals surface area (Å²) in [7, 11) is 0. The molecule has 1 aromatic carbocycles. The fourth-order valence-electron chi connectivity index (χ4n) is 3.39. The van der Waals surface area contributed by atoms with Crippen molar-refractivity contribution in [2.45, 2.75) is 45.6 Å². The molecule has 1 saturated carbocycles. The maximum Gasteiger partial charge on any atom is 0.262 e. The molecule has 1 atom stereocenters. The van der Waals surface area contributed by atoms with Crippen molar-refractivity contribution in [3.05, 3.63) is 39.4 Å². The van der Waals surface area contributed by atoms with Gasteiger partial charge >= 0.3 is 0 Å². The summed E-state index contributed by atoms with van der Waals surface area (Å²) in [6.45, 7) is 4.55. The number of fused-ring (bicyclic) bond motifs is 1. The SMILES string of the molecule is CC1(C)CCCC(n2c(=S)[nH]c3ccccc3c2=O)C1. The molecule has 1 fully saturated rings. The van der Waals surface area contributed by atoms with Gasteiger partial charge in [0.1, 0.15) is 0 Å². The maximum atomic E-state index is 12.7. The van der Waals surface area contributed by atoms with E-state index < -0.39 is 0 Å². The number of hydrogen-bond donors (Lipinski definition) is 1. The Balaban J connectivity index is 2.17. The minimum absolute atomic E-state index is 0.0482. The molecule has 2 aromatic rings. The van der Waals surface area contributed by atoms with Crippen LogP contribution < -0.4 is 5.56 Å². The van der Waals surface area contributed by atoms with Gasteiger partial charge in [-0.1, -0.05) is 32.4 Å². The van der Waals surface area contributed by atoms with Crippen molar-refractivity contribution < 1.29 is 0 Å². The van der Waals surface area contributed by atoms with Gasteiger partial charge in [0, 0.05) is 6.04 Å². The summed E-state index contributed by atoms with van der Waals surface area (Å²) < 4.78 is 2.36. The molecule has 1 unspecified atom stereocenters. The van der Waals surface area contributed by atoms with E-state index in [1.165, 1.54) is 6.42 Å². The highest BCUT2D eigenvalue weighted by molar-refractivity contribution is 7.71. The van der Waals surface area contributed by atoms with Crippen LogP contribution in [0.1, 0.15) is 45.6 Å². The lowest BCUT2D eigenvalue weighted by molar-refractivity contribution is 0.179. The lowest BCUT2D eigenvalue weighted by atomic mass is 9.75. The van der Waals surface area contributed by atoms with E-state index >= 15 is 0 Å². The Bertz CT molecular complexity index is 757. The zero-order chi connectivity index (χ0) is 14.3. The average molecular weight is 288 g/mol. The topological polar surface area (TPSA) is 37.8 Å². The van der Waals surface area contributed by atoms with Crippen LogP contribution in [-0.4, -0.2) is 9.55 Å². The Morgan fingerprint density at radius 2 is 2.10 bits per heavy atom. The highest BCUT2D eigenvalue weighted by Crippen LogP contribution is 2.40. The number of H-pyrrole nitrogens is 1. The van der Waals surface area contributed by atoms with E-state index in [0.29, 0.717) is 4.77 Å². The molecular formula is C16H20N2OS. The molecule has 0 saturated heterocycles. The van der Waals surface area contributed by atoms with Crippen molar-refractivity contribution >= 4 is 23.1 Å². The van der Waals surface area contributed by atoms with Gasteiger partial charge in [-0.05, 0) is 49.0 Å². The van der Waals surface area contributed by atoms with Crippen molar-refractivity contribution in [2.75, 3.05) is 0 Å². The zero-order valence-electron chi connectivity index (χ0n) is 12.0. The standard InChI is InChI=1S/C16H20N2OS/c1-16(2)9-5-6-11(10-16)18-14(19)12-7-3-4-8-13(12)17-15(18)20/h3-4,7-8,11H,5-6,9-10H2,1-2H3,(H,17,20). The second-order valence-electron chi connectivity index (χ2n) is 6.57. The van der Waals surface area contributed by atoms with Gasteiger partial charge in [-0.15, -0.1) is 0 Å². The Hall–Kier alpha value is -1.42. The minimum atomic E-state index is 0.0482. The molecule has 4 heteroatoms.